The van der Waals surface area contributed by atoms with Gasteiger partial charge >= 0.3 is 0 Å². The zero-order chi connectivity index (χ0) is 17.9. The SMILES string of the molecule is CC1CCN(C(=O)c2cc(NCc3ccc4c(c3)OCO4)ccn2)CC1. The summed E-state index contributed by atoms with van der Waals surface area (Å²) in [5.74, 6) is 2.26. The van der Waals surface area contributed by atoms with Gasteiger partial charge in [0.25, 0.3) is 5.91 Å². The van der Waals surface area contributed by atoms with Crippen molar-refractivity contribution in [1.82, 2.24) is 9.88 Å². The van der Waals surface area contributed by atoms with Gasteiger partial charge in [-0.1, -0.05) is 13.0 Å². The molecular weight excluding hydrogens is 330 g/mol. The number of pyridine rings is 1. The van der Waals surface area contributed by atoms with Crippen LogP contribution in [0.1, 0.15) is 35.8 Å². The van der Waals surface area contributed by atoms with Crippen LogP contribution in [0, 0.1) is 5.92 Å². The molecule has 2 aliphatic heterocycles. The van der Waals surface area contributed by atoms with E-state index in [-0.39, 0.29) is 12.7 Å². The molecule has 2 aromatic rings. The van der Waals surface area contributed by atoms with Crippen molar-refractivity contribution in [3.63, 3.8) is 0 Å². The van der Waals surface area contributed by atoms with Gasteiger partial charge in [-0.05, 0) is 48.6 Å². The van der Waals surface area contributed by atoms with Gasteiger partial charge in [-0.25, -0.2) is 0 Å². The third-order valence-corrected chi connectivity index (χ3v) is 4.98. The summed E-state index contributed by atoms with van der Waals surface area (Å²) in [7, 11) is 0. The molecule has 2 aliphatic rings. The largest absolute Gasteiger partial charge is 0.454 e. The van der Waals surface area contributed by atoms with Crippen LogP contribution in [0.3, 0.4) is 0 Å². The van der Waals surface area contributed by atoms with Crippen LogP contribution in [0.5, 0.6) is 11.5 Å². The summed E-state index contributed by atoms with van der Waals surface area (Å²) in [5, 5.41) is 3.35. The molecule has 1 fully saturated rings. The lowest BCUT2D eigenvalue weighted by atomic mass is 9.99. The Bertz CT molecular complexity index is 801. The van der Waals surface area contributed by atoms with Gasteiger partial charge in [-0.2, -0.15) is 0 Å². The predicted octanol–water partition coefficient (Wildman–Crippen LogP) is 3.29. The highest BCUT2D eigenvalue weighted by molar-refractivity contribution is 5.93. The van der Waals surface area contributed by atoms with Crippen molar-refractivity contribution in [2.75, 3.05) is 25.2 Å². The summed E-state index contributed by atoms with van der Waals surface area (Å²) in [6.07, 6.45) is 3.81. The molecule has 6 nitrogen and oxygen atoms in total. The van der Waals surface area contributed by atoms with E-state index in [1.807, 2.05) is 35.2 Å². The van der Waals surface area contributed by atoms with Gasteiger partial charge in [0.05, 0.1) is 0 Å². The van der Waals surface area contributed by atoms with Crippen LogP contribution >= 0.6 is 0 Å². The maximum Gasteiger partial charge on any atom is 0.272 e. The standard InChI is InChI=1S/C20H23N3O3/c1-14-5-8-23(9-6-14)20(24)17-11-16(4-7-21-17)22-12-15-2-3-18-19(10-15)26-13-25-18/h2-4,7,10-11,14H,5-6,8-9,12-13H2,1H3,(H,21,22). The number of carbonyl (C=O) groups excluding carboxylic acids is 1. The molecule has 1 amide bonds. The van der Waals surface area contributed by atoms with Crippen molar-refractivity contribution >= 4 is 11.6 Å². The third-order valence-electron chi connectivity index (χ3n) is 4.98. The first-order chi connectivity index (χ1) is 12.7. The quantitative estimate of drug-likeness (QED) is 0.914. The van der Waals surface area contributed by atoms with E-state index in [0.717, 1.165) is 48.7 Å². The number of amides is 1. The van der Waals surface area contributed by atoms with Gasteiger partial charge in [0.2, 0.25) is 6.79 Å². The highest BCUT2D eigenvalue weighted by Crippen LogP contribution is 2.32. The highest BCUT2D eigenvalue weighted by Gasteiger charge is 2.22. The monoisotopic (exact) mass is 353 g/mol. The number of benzene rings is 1. The zero-order valence-corrected chi connectivity index (χ0v) is 14.9. The van der Waals surface area contributed by atoms with Gasteiger partial charge in [0, 0.05) is 31.5 Å². The maximum atomic E-state index is 12.7. The Morgan fingerprint density at radius 1 is 1.19 bits per heavy atom. The van der Waals surface area contributed by atoms with E-state index in [1.165, 1.54) is 0 Å². The number of hydrogen-bond donors (Lipinski definition) is 1. The smallest absolute Gasteiger partial charge is 0.272 e. The lowest BCUT2D eigenvalue weighted by Crippen LogP contribution is -2.38. The minimum absolute atomic E-state index is 0.0172. The molecule has 0 bridgehead atoms. The van der Waals surface area contributed by atoms with Gasteiger partial charge in [0.1, 0.15) is 5.69 Å². The Hall–Kier alpha value is -2.76. The molecule has 6 heteroatoms. The van der Waals surface area contributed by atoms with Crippen LogP contribution in [-0.2, 0) is 6.54 Å². The number of fused-ring (bicyclic) bond motifs is 1. The number of ether oxygens (including phenoxy) is 2. The minimum Gasteiger partial charge on any atom is -0.454 e. The fraction of sp³-hybridized carbons (Fsp3) is 0.400. The Morgan fingerprint density at radius 3 is 2.85 bits per heavy atom. The third kappa shape index (κ3) is 3.59. The lowest BCUT2D eigenvalue weighted by molar-refractivity contribution is 0.0691. The molecule has 136 valence electrons. The van der Waals surface area contributed by atoms with Crippen molar-refractivity contribution in [3.8, 4) is 11.5 Å². The van der Waals surface area contributed by atoms with Crippen molar-refractivity contribution in [1.29, 1.82) is 0 Å². The van der Waals surface area contributed by atoms with Crippen LogP contribution in [0.2, 0.25) is 0 Å². The van der Waals surface area contributed by atoms with Crippen LogP contribution in [0.15, 0.2) is 36.5 Å². The van der Waals surface area contributed by atoms with Gasteiger partial charge in [-0.3, -0.25) is 9.78 Å². The second-order valence-electron chi connectivity index (χ2n) is 6.95. The second-order valence-corrected chi connectivity index (χ2v) is 6.95. The van der Waals surface area contributed by atoms with Crippen molar-refractivity contribution < 1.29 is 14.3 Å². The maximum absolute atomic E-state index is 12.7. The Labute approximate surface area is 153 Å². The fourth-order valence-corrected chi connectivity index (χ4v) is 3.29. The Balaban J connectivity index is 1.40. The number of nitrogens with zero attached hydrogens (tertiary/aromatic N) is 2. The molecule has 26 heavy (non-hydrogen) atoms. The van der Waals surface area contributed by atoms with E-state index >= 15 is 0 Å². The summed E-state index contributed by atoms with van der Waals surface area (Å²) < 4.78 is 10.7. The molecule has 0 aliphatic carbocycles. The van der Waals surface area contributed by atoms with Crippen LogP contribution < -0.4 is 14.8 Å². The van der Waals surface area contributed by atoms with Crippen molar-refractivity contribution in [2.24, 2.45) is 5.92 Å². The van der Waals surface area contributed by atoms with Crippen LogP contribution in [0.4, 0.5) is 5.69 Å². The summed E-state index contributed by atoms with van der Waals surface area (Å²) in [6.45, 7) is 4.78. The molecule has 0 saturated carbocycles. The number of nitrogens with one attached hydrogen (secondary N) is 1. The van der Waals surface area contributed by atoms with E-state index in [1.54, 1.807) is 6.20 Å². The normalized spacial score (nSPS) is 16.6. The first-order valence-electron chi connectivity index (χ1n) is 9.07. The molecule has 0 unspecified atom stereocenters. The summed E-state index contributed by atoms with van der Waals surface area (Å²) in [6, 6.07) is 9.59. The van der Waals surface area contributed by atoms with E-state index in [2.05, 4.69) is 17.2 Å². The number of rotatable bonds is 4. The Kier molecular flexibility index (Phi) is 4.65. The van der Waals surface area contributed by atoms with Gasteiger partial charge in [-0.15, -0.1) is 0 Å². The summed E-state index contributed by atoms with van der Waals surface area (Å²) >= 11 is 0. The molecule has 4 rings (SSSR count). The number of piperidine rings is 1. The van der Waals surface area contributed by atoms with Gasteiger partial charge < -0.3 is 19.7 Å². The molecule has 1 aromatic heterocycles. The fourth-order valence-electron chi connectivity index (χ4n) is 3.29. The molecule has 1 saturated heterocycles. The minimum atomic E-state index is 0.0172. The molecule has 0 spiro atoms. The lowest BCUT2D eigenvalue weighted by Gasteiger charge is -2.30. The van der Waals surface area contributed by atoms with Crippen LogP contribution in [-0.4, -0.2) is 35.7 Å². The summed E-state index contributed by atoms with van der Waals surface area (Å²) in [4.78, 5) is 18.8. The zero-order valence-electron chi connectivity index (χ0n) is 14.9. The second kappa shape index (κ2) is 7.23. The summed E-state index contributed by atoms with van der Waals surface area (Å²) in [5.41, 5.74) is 2.46. The first-order valence-corrected chi connectivity index (χ1v) is 9.07. The van der Waals surface area contributed by atoms with Crippen molar-refractivity contribution in [2.45, 2.75) is 26.3 Å². The topological polar surface area (TPSA) is 63.7 Å². The van der Waals surface area contributed by atoms with E-state index in [9.17, 15) is 4.79 Å². The number of aromatic nitrogens is 1. The van der Waals surface area contributed by atoms with Crippen molar-refractivity contribution in [3.05, 3.63) is 47.8 Å². The average Bonchev–Trinajstić information content (AvgIpc) is 3.14. The molecule has 3 heterocycles. The number of carbonyl (C=O) groups is 1. The van der Waals surface area contributed by atoms with E-state index in [0.29, 0.717) is 18.2 Å². The Morgan fingerprint density at radius 2 is 2.00 bits per heavy atom. The first kappa shape index (κ1) is 16.7. The number of likely N-dealkylation sites (tertiary alicyclic amines) is 1. The molecular formula is C20H23N3O3. The average molecular weight is 353 g/mol. The predicted molar refractivity (Wildman–Crippen MR) is 98.4 cm³/mol. The van der Waals surface area contributed by atoms with E-state index < -0.39 is 0 Å². The van der Waals surface area contributed by atoms with Crippen LogP contribution in [0.25, 0.3) is 0 Å². The highest BCUT2D eigenvalue weighted by atomic mass is 16.7. The molecule has 0 atom stereocenters. The number of hydrogen-bond acceptors (Lipinski definition) is 5. The van der Waals surface area contributed by atoms with Gasteiger partial charge in [0.15, 0.2) is 11.5 Å². The molecule has 1 aromatic carbocycles. The molecule has 1 N–H and O–H groups in total. The molecule has 0 radical (unpaired) electrons. The van der Waals surface area contributed by atoms with E-state index in [4.69, 9.17) is 9.47 Å². The number of anilines is 1.